The van der Waals surface area contributed by atoms with Crippen LogP contribution in [0, 0.1) is 23.1 Å². The van der Waals surface area contributed by atoms with Crippen molar-refractivity contribution in [3.05, 3.63) is 64.5 Å². The van der Waals surface area contributed by atoms with Gasteiger partial charge in [0.25, 0.3) is 5.91 Å². The van der Waals surface area contributed by atoms with Crippen molar-refractivity contribution in [2.75, 3.05) is 26.0 Å². The van der Waals surface area contributed by atoms with E-state index >= 15 is 0 Å². The Kier molecular flexibility index (Phi) is 7.19. The Hall–Kier alpha value is -2.96. The van der Waals surface area contributed by atoms with Crippen molar-refractivity contribution >= 4 is 15.9 Å². The lowest BCUT2D eigenvalue weighted by Crippen LogP contribution is -2.35. The molecule has 0 spiro atoms. The van der Waals surface area contributed by atoms with E-state index in [0.717, 1.165) is 62.7 Å². The minimum absolute atomic E-state index is 0.197. The molecule has 2 fully saturated rings. The maximum absolute atomic E-state index is 14.7. The zero-order valence-corrected chi connectivity index (χ0v) is 19.9. The predicted molar refractivity (Wildman–Crippen MR) is 125 cm³/mol. The maximum Gasteiger partial charge on any atom is 0.267 e. The summed E-state index contributed by atoms with van der Waals surface area (Å²) in [6.45, 7) is 2.98. The summed E-state index contributed by atoms with van der Waals surface area (Å²) in [5, 5.41) is 9.29. The second-order valence-electron chi connectivity index (χ2n) is 9.15. The van der Waals surface area contributed by atoms with E-state index in [9.17, 15) is 22.9 Å². The van der Waals surface area contributed by atoms with Crippen LogP contribution in [-0.2, 0) is 16.6 Å². The third-order valence-corrected chi connectivity index (χ3v) is 6.91. The Bertz CT molecular complexity index is 1210. The lowest BCUT2D eigenvalue weighted by Gasteiger charge is -2.32. The standard InChI is InChI=1S/C25H28FN3O4S/c1-34(31,32)28-25(30)22-12-21(18-6-7-18)24(13-23(22)26)33-16-17-8-10-29(11-9-17)15-20-5-3-2-4-19(20)14-27/h2-5,12-13,17-18H,6-11,15-16H2,1H3,(H,28,30). The average molecular weight is 486 g/mol. The molecule has 9 heteroatoms. The van der Waals surface area contributed by atoms with Crippen LogP contribution in [0.1, 0.15) is 58.6 Å². The van der Waals surface area contributed by atoms with Gasteiger partial charge in [-0.3, -0.25) is 9.69 Å². The van der Waals surface area contributed by atoms with E-state index in [4.69, 9.17) is 4.74 Å². The molecular weight excluding hydrogens is 457 g/mol. The number of benzene rings is 2. The van der Waals surface area contributed by atoms with Crippen LogP contribution >= 0.6 is 0 Å². The zero-order chi connectivity index (χ0) is 24.3. The molecular formula is C25H28FN3O4S. The predicted octanol–water partition coefficient (Wildman–Crippen LogP) is 3.56. The van der Waals surface area contributed by atoms with E-state index in [2.05, 4.69) is 11.0 Å². The molecule has 1 N–H and O–H groups in total. The molecule has 2 aromatic rings. The molecule has 2 aliphatic rings. The van der Waals surface area contributed by atoms with E-state index in [1.165, 1.54) is 12.1 Å². The van der Waals surface area contributed by atoms with Gasteiger partial charge in [0.1, 0.15) is 11.6 Å². The van der Waals surface area contributed by atoms with Gasteiger partial charge < -0.3 is 4.74 Å². The largest absolute Gasteiger partial charge is 0.493 e. The number of hydrogen-bond donors (Lipinski definition) is 1. The molecule has 1 aliphatic heterocycles. The highest BCUT2D eigenvalue weighted by atomic mass is 32.2. The van der Waals surface area contributed by atoms with Gasteiger partial charge in [-0.1, -0.05) is 18.2 Å². The first kappa shape index (κ1) is 24.2. The lowest BCUT2D eigenvalue weighted by atomic mass is 9.96. The fraction of sp³-hybridized carbons (Fsp3) is 0.440. The normalized spacial score (nSPS) is 17.2. The molecule has 1 saturated heterocycles. The van der Waals surface area contributed by atoms with Crippen LogP contribution in [0.25, 0.3) is 0 Å². The Morgan fingerprint density at radius 2 is 1.91 bits per heavy atom. The van der Waals surface area contributed by atoms with Gasteiger partial charge in [0.15, 0.2) is 0 Å². The van der Waals surface area contributed by atoms with E-state index in [0.29, 0.717) is 23.8 Å². The molecule has 7 nitrogen and oxygen atoms in total. The van der Waals surface area contributed by atoms with Crippen molar-refractivity contribution in [3.63, 3.8) is 0 Å². The van der Waals surface area contributed by atoms with Crippen LogP contribution in [0.5, 0.6) is 5.75 Å². The number of likely N-dealkylation sites (tertiary alicyclic amines) is 1. The van der Waals surface area contributed by atoms with Gasteiger partial charge in [0, 0.05) is 12.6 Å². The number of carbonyl (C=O) groups is 1. The van der Waals surface area contributed by atoms with Crippen LogP contribution in [0.15, 0.2) is 36.4 Å². The van der Waals surface area contributed by atoms with Crippen molar-refractivity contribution in [3.8, 4) is 11.8 Å². The number of carbonyl (C=O) groups excluding carboxylic acids is 1. The molecule has 34 heavy (non-hydrogen) atoms. The number of rotatable bonds is 8. The number of halogens is 1. The molecule has 2 aromatic carbocycles. The van der Waals surface area contributed by atoms with E-state index < -0.39 is 21.7 Å². The molecule has 1 heterocycles. The quantitative estimate of drug-likeness (QED) is 0.614. The van der Waals surface area contributed by atoms with Crippen LogP contribution < -0.4 is 9.46 Å². The highest BCUT2D eigenvalue weighted by Gasteiger charge is 2.30. The maximum atomic E-state index is 14.7. The second-order valence-corrected chi connectivity index (χ2v) is 10.9. The number of amides is 1. The second kappa shape index (κ2) is 10.1. The first-order chi connectivity index (χ1) is 16.2. The van der Waals surface area contributed by atoms with Crippen molar-refractivity contribution in [1.82, 2.24) is 9.62 Å². The number of nitrogens with zero attached hydrogens (tertiary/aromatic N) is 2. The van der Waals surface area contributed by atoms with Gasteiger partial charge in [0.05, 0.1) is 30.1 Å². The summed E-state index contributed by atoms with van der Waals surface area (Å²) in [5.41, 5.74) is 2.21. The third-order valence-electron chi connectivity index (χ3n) is 6.35. The smallest absolute Gasteiger partial charge is 0.267 e. The zero-order valence-electron chi connectivity index (χ0n) is 19.1. The highest BCUT2D eigenvalue weighted by Crippen LogP contribution is 2.45. The van der Waals surface area contributed by atoms with Crippen molar-refractivity contribution in [1.29, 1.82) is 5.26 Å². The van der Waals surface area contributed by atoms with Gasteiger partial charge in [-0.15, -0.1) is 0 Å². The fourth-order valence-corrected chi connectivity index (χ4v) is 4.78. The summed E-state index contributed by atoms with van der Waals surface area (Å²) in [6, 6.07) is 12.5. The summed E-state index contributed by atoms with van der Waals surface area (Å²) >= 11 is 0. The van der Waals surface area contributed by atoms with Gasteiger partial charge in [-0.25, -0.2) is 17.5 Å². The Balaban J connectivity index is 1.36. The van der Waals surface area contributed by atoms with Crippen molar-refractivity contribution < 1.29 is 22.3 Å². The molecule has 1 aliphatic carbocycles. The van der Waals surface area contributed by atoms with Crippen molar-refractivity contribution in [2.45, 2.75) is 38.1 Å². The van der Waals surface area contributed by atoms with Crippen LogP contribution in [0.4, 0.5) is 4.39 Å². The minimum atomic E-state index is -3.79. The van der Waals surface area contributed by atoms with Gasteiger partial charge in [-0.2, -0.15) is 5.26 Å². The van der Waals surface area contributed by atoms with Crippen LogP contribution in [-0.4, -0.2) is 45.2 Å². The summed E-state index contributed by atoms with van der Waals surface area (Å²) in [5.74, 6) is -0.820. The molecule has 4 rings (SSSR count). The monoisotopic (exact) mass is 485 g/mol. The molecule has 0 radical (unpaired) electrons. The SMILES string of the molecule is CS(=O)(=O)NC(=O)c1cc(C2CC2)c(OCC2CCN(Cc3ccccc3C#N)CC2)cc1F. The fourth-order valence-electron chi connectivity index (χ4n) is 4.33. The molecule has 0 aromatic heterocycles. The Morgan fingerprint density at radius 3 is 2.56 bits per heavy atom. The number of hydrogen-bond acceptors (Lipinski definition) is 6. The summed E-state index contributed by atoms with van der Waals surface area (Å²) in [7, 11) is -3.79. The first-order valence-electron chi connectivity index (χ1n) is 11.4. The molecule has 1 saturated carbocycles. The summed E-state index contributed by atoms with van der Waals surface area (Å²) in [6.07, 6.45) is 4.58. The molecule has 1 amide bonds. The van der Waals surface area contributed by atoms with E-state index in [-0.39, 0.29) is 11.5 Å². The average Bonchev–Trinajstić information content (AvgIpc) is 3.63. The molecule has 0 unspecified atom stereocenters. The number of nitriles is 1. The third kappa shape index (κ3) is 6.13. The number of sulfonamides is 1. The topological polar surface area (TPSA) is 99.5 Å². The van der Waals surface area contributed by atoms with Crippen molar-refractivity contribution in [2.24, 2.45) is 5.92 Å². The van der Waals surface area contributed by atoms with Gasteiger partial charge in [0.2, 0.25) is 10.0 Å². The number of nitrogens with one attached hydrogen (secondary N) is 1. The number of ether oxygens (including phenoxy) is 1. The Labute approximate surface area is 199 Å². The van der Waals surface area contributed by atoms with Gasteiger partial charge >= 0.3 is 0 Å². The molecule has 180 valence electrons. The highest BCUT2D eigenvalue weighted by molar-refractivity contribution is 7.89. The first-order valence-corrected chi connectivity index (χ1v) is 13.3. The lowest BCUT2D eigenvalue weighted by molar-refractivity contribution is 0.0977. The number of piperidine rings is 1. The molecule has 0 bridgehead atoms. The minimum Gasteiger partial charge on any atom is -0.493 e. The summed E-state index contributed by atoms with van der Waals surface area (Å²) < 4.78 is 45.2. The Morgan fingerprint density at radius 1 is 1.21 bits per heavy atom. The van der Waals surface area contributed by atoms with E-state index in [1.54, 1.807) is 0 Å². The van der Waals surface area contributed by atoms with Crippen LogP contribution in [0.3, 0.4) is 0 Å². The van der Waals surface area contributed by atoms with E-state index in [1.807, 2.05) is 29.0 Å². The van der Waals surface area contributed by atoms with Crippen LogP contribution in [0.2, 0.25) is 0 Å². The van der Waals surface area contributed by atoms with Gasteiger partial charge in [-0.05, 0) is 73.9 Å². The summed E-state index contributed by atoms with van der Waals surface area (Å²) in [4.78, 5) is 14.5. The molecule has 0 atom stereocenters.